The van der Waals surface area contributed by atoms with E-state index in [1.165, 1.54) is 6.92 Å². The van der Waals surface area contributed by atoms with Gasteiger partial charge in [0.2, 0.25) is 5.91 Å². The van der Waals surface area contributed by atoms with Gasteiger partial charge in [0.1, 0.15) is 6.61 Å². The van der Waals surface area contributed by atoms with Crippen LogP contribution in [0.15, 0.2) is 11.6 Å². The number of carboxylic acids is 1. The second-order valence-electron chi connectivity index (χ2n) is 2.92. The average Bonchev–Trinajstić information content (AvgIpc) is 2.15. The van der Waals surface area contributed by atoms with E-state index in [1.807, 2.05) is 0 Å². The highest BCUT2D eigenvalue weighted by molar-refractivity contribution is 5.85. The smallest absolute Gasteiger partial charge is 0.330 e. The molecular weight excluding hydrogens is 200 g/mol. The Hall–Kier alpha value is -1.40. The number of nitrogens with one attached hydrogen (secondary N) is 1. The number of carbonyl (C=O) groups is 2. The first-order chi connectivity index (χ1) is 7.04. The summed E-state index contributed by atoms with van der Waals surface area (Å²) in [6, 6.07) is 0. The fourth-order valence-corrected chi connectivity index (χ4v) is 0.732. The zero-order valence-electron chi connectivity index (χ0n) is 8.66. The van der Waals surface area contributed by atoms with Crippen molar-refractivity contribution in [3.05, 3.63) is 11.6 Å². The lowest BCUT2D eigenvalue weighted by Crippen LogP contribution is -2.24. The monoisotopic (exact) mass is 216 g/mol. The number of carboxylic acid groups (broad SMARTS) is 1. The van der Waals surface area contributed by atoms with Gasteiger partial charge in [-0.1, -0.05) is 6.08 Å². The van der Waals surface area contributed by atoms with Gasteiger partial charge in [0.25, 0.3) is 0 Å². The van der Waals surface area contributed by atoms with Crippen molar-refractivity contribution in [2.45, 2.75) is 6.92 Å². The molecule has 15 heavy (non-hydrogen) atoms. The molecule has 0 aliphatic rings. The molecular formula is C9H16N2O4. The number of hydrogen-bond donors (Lipinski definition) is 3. The number of ether oxygens (including phenoxy) is 1. The van der Waals surface area contributed by atoms with Gasteiger partial charge < -0.3 is 20.9 Å². The van der Waals surface area contributed by atoms with Crippen molar-refractivity contribution < 1.29 is 19.4 Å². The molecule has 0 saturated carbocycles. The number of aliphatic carboxylic acids is 1. The first-order valence-electron chi connectivity index (χ1n) is 4.51. The van der Waals surface area contributed by atoms with Crippen LogP contribution in [0.5, 0.6) is 0 Å². The third kappa shape index (κ3) is 8.92. The highest BCUT2D eigenvalue weighted by Gasteiger charge is 1.97. The van der Waals surface area contributed by atoms with E-state index in [0.717, 1.165) is 0 Å². The van der Waals surface area contributed by atoms with Gasteiger partial charge in [0, 0.05) is 18.7 Å². The minimum atomic E-state index is -0.929. The van der Waals surface area contributed by atoms with Crippen LogP contribution >= 0.6 is 0 Å². The summed E-state index contributed by atoms with van der Waals surface area (Å²) < 4.78 is 4.88. The molecule has 0 atom stereocenters. The van der Waals surface area contributed by atoms with Crippen LogP contribution in [0.3, 0.4) is 0 Å². The Morgan fingerprint density at radius 1 is 1.53 bits per heavy atom. The molecule has 86 valence electrons. The molecule has 6 heteroatoms. The van der Waals surface area contributed by atoms with Crippen LogP contribution in [0.1, 0.15) is 6.92 Å². The molecule has 0 aromatic heterocycles. The quantitative estimate of drug-likeness (QED) is 0.361. The molecule has 4 N–H and O–H groups in total. The van der Waals surface area contributed by atoms with Crippen molar-refractivity contribution in [3.63, 3.8) is 0 Å². The molecule has 0 heterocycles. The first-order valence-corrected chi connectivity index (χ1v) is 4.51. The molecule has 6 nitrogen and oxygen atoms in total. The van der Waals surface area contributed by atoms with E-state index in [4.69, 9.17) is 15.6 Å². The predicted molar refractivity (Wildman–Crippen MR) is 54.3 cm³/mol. The van der Waals surface area contributed by atoms with E-state index in [-0.39, 0.29) is 6.61 Å². The van der Waals surface area contributed by atoms with Crippen molar-refractivity contribution in [2.24, 2.45) is 5.73 Å². The first kappa shape index (κ1) is 13.6. The number of carbonyl (C=O) groups excluding carboxylic acids is 1. The largest absolute Gasteiger partial charge is 0.478 e. The minimum Gasteiger partial charge on any atom is -0.478 e. The Balaban J connectivity index is 3.36. The van der Waals surface area contributed by atoms with Gasteiger partial charge in [-0.05, 0) is 6.92 Å². The van der Waals surface area contributed by atoms with Crippen LogP contribution in [0.2, 0.25) is 0 Å². The summed E-state index contributed by atoms with van der Waals surface area (Å²) in [5.74, 6) is -1.43. The Kier molecular flexibility index (Phi) is 7.21. The number of rotatable bonds is 8. The van der Waals surface area contributed by atoms with Crippen molar-refractivity contribution in [1.29, 1.82) is 0 Å². The van der Waals surface area contributed by atoms with E-state index >= 15 is 0 Å². The Labute approximate surface area is 88.1 Å². The summed E-state index contributed by atoms with van der Waals surface area (Å²) in [7, 11) is 0. The molecule has 0 bridgehead atoms. The van der Waals surface area contributed by atoms with Gasteiger partial charge in [-0.15, -0.1) is 0 Å². The molecule has 0 saturated heterocycles. The van der Waals surface area contributed by atoms with Gasteiger partial charge in [0.05, 0.1) is 6.61 Å². The van der Waals surface area contributed by atoms with E-state index in [0.29, 0.717) is 25.3 Å². The fourth-order valence-electron chi connectivity index (χ4n) is 0.732. The predicted octanol–water partition coefficient (Wildman–Crippen LogP) is -0.891. The van der Waals surface area contributed by atoms with Crippen molar-refractivity contribution in [1.82, 2.24) is 5.32 Å². The third-order valence-electron chi connectivity index (χ3n) is 1.56. The number of hydrogen-bond acceptors (Lipinski definition) is 4. The Morgan fingerprint density at radius 2 is 2.20 bits per heavy atom. The van der Waals surface area contributed by atoms with Gasteiger partial charge in [-0.2, -0.15) is 0 Å². The van der Waals surface area contributed by atoms with Crippen LogP contribution in [0.4, 0.5) is 0 Å². The summed E-state index contributed by atoms with van der Waals surface area (Å²) in [4.78, 5) is 20.6. The summed E-state index contributed by atoms with van der Waals surface area (Å²) in [5.41, 5.74) is 5.14. The van der Waals surface area contributed by atoms with E-state index in [9.17, 15) is 9.59 Å². The summed E-state index contributed by atoms with van der Waals surface area (Å²) >= 11 is 0. The molecule has 0 spiro atoms. The van der Waals surface area contributed by atoms with Crippen LogP contribution < -0.4 is 11.1 Å². The van der Waals surface area contributed by atoms with Crippen molar-refractivity contribution in [2.75, 3.05) is 26.3 Å². The zero-order chi connectivity index (χ0) is 11.7. The van der Waals surface area contributed by atoms with Crippen LogP contribution in [0, 0.1) is 0 Å². The second-order valence-corrected chi connectivity index (χ2v) is 2.92. The third-order valence-corrected chi connectivity index (χ3v) is 1.56. The molecule has 0 rings (SSSR count). The lowest BCUT2D eigenvalue weighted by Gasteiger charge is -2.02. The fraction of sp³-hybridized carbons (Fsp3) is 0.556. The molecule has 0 aliphatic heterocycles. The minimum absolute atomic E-state index is 0.0916. The molecule has 1 amide bonds. The maximum Gasteiger partial charge on any atom is 0.330 e. The SMILES string of the molecule is CC(=CCNCCOCC(N)=O)C(=O)O. The molecule has 0 aromatic rings. The van der Waals surface area contributed by atoms with Crippen LogP contribution in [-0.2, 0) is 14.3 Å². The summed E-state index contributed by atoms with van der Waals surface area (Å²) in [6.45, 7) is 2.79. The van der Waals surface area contributed by atoms with E-state index in [1.54, 1.807) is 6.08 Å². The van der Waals surface area contributed by atoms with Crippen molar-refractivity contribution in [3.8, 4) is 0 Å². The van der Waals surface area contributed by atoms with Crippen LogP contribution in [-0.4, -0.2) is 43.3 Å². The topological polar surface area (TPSA) is 102 Å². The van der Waals surface area contributed by atoms with Gasteiger partial charge in [0.15, 0.2) is 0 Å². The second kappa shape index (κ2) is 7.95. The average molecular weight is 216 g/mol. The standard InChI is InChI=1S/C9H16N2O4/c1-7(9(13)14)2-3-11-4-5-15-6-8(10)12/h2,11H,3-6H2,1H3,(H2,10,12)(H,13,14). The number of amides is 1. The summed E-state index contributed by atoms with van der Waals surface area (Å²) in [6.07, 6.45) is 1.57. The zero-order valence-corrected chi connectivity index (χ0v) is 8.66. The molecule has 0 aliphatic carbocycles. The normalized spacial score (nSPS) is 11.4. The maximum atomic E-state index is 10.4. The van der Waals surface area contributed by atoms with Crippen LogP contribution in [0.25, 0.3) is 0 Å². The lowest BCUT2D eigenvalue weighted by molar-refractivity contribution is -0.132. The van der Waals surface area contributed by atoms with Crippen molar-refractivity contribution >= 4 is 11.9 Å². The molecule has 0 fully saturated rings. The number of primary amides is 1. The Morgan fingerprint density at radius 3 is 2.73 bits per heavy atom. The molecule has 0 aromatic carbocycles. The van der Waals surface area contributed by atoms with Gasteiger partial charge in [-0.3, -0.25) is 4.79 Å². The summed E-state index contributed by atoms with van der Waals surface area (Å²) in [5, 5.41) is 11.4. The maximum absolute atomic E-state index is 10.4. The molecule has 0 radical (unpaired) electrons. The highest BCUT2D eigenvalue weighted by Crippen LogP contribution is 1.89. The van der Waals surface area contributed by atoms with E-state index < -0.39 is 11.9 Å². The van der Waals surface area contributed by atoms with Gasteiger partial charge >= 0.3 is 5.97 Å². The van der Waals surface area contributed by atoms with Gasteiger partial charge in [-0.25, -0.2) is 4.79 Å². The Bertz CT molecular complexity index is 250. The number of nitrogens with two attached hydrogens (primary N) is 1. The highest BCUT2D eigenvalue weighted by atomic mass is 16.5. The lowest BCUT2D eigenvalue weighted by atomic mass is 10.3. The molecule has 0 unspecified atom stereocenters. The van der Waals surface area contributed by atoms with E-state index in [2.05, 4.69) is 5.32 Å².